The van der Waals surface area contributed by atoms with Gasteiger partial charge in [0.2, 0.25) is 0 Å². The van der Waals surface area contributed by atoms with Gasteiger partial charge in [-0.05, 0) is 24.3 Å². The molecule has 0 aliphatic heterocycles. The van der Waals surface area contributed by atoms with Crippen molar-refractivity contribution < 1.29 is 19.4 Å². The summed E-state index contributed by atoms with van der Waals surface area (Å²) in [6.07, 6.45) is 0. The van der Waals surface area contributed by atoms with Gasteiger partial charge in [-0.2, -0.15) is 0 Å². The molecule has 0 heterocycles. The van der Waals surface area contributed by atoms with Gasteiger partial charge in [-0.15, -0.1) is 0 Å². The SMILES string of the molecule is O=C(OOC(=O)c1ccccc1Cl)c1ccccc1. The van der Waals surface area contributed by atoms with Crippen LogP contribution in [0.2, 0.25) is 5.02 Å². The van der Waals surface area contributed by atoms with Gasteiger partial charge in [-0.1, -0.05) is 41.9 Å². The van der Waals surface area contributed by atoms with Crippen molar-refractivity contribution >= 4 is 23.5 Å². The van der Waals surface area contributed by atoms with E-state index in [0.717, 1.165) is 0 Å². The second kappa shape index (κ2) is 6.02. The van der Waals surface area contributed by atoms with Gasteiger partial charge in [0.15, 0.2) is 0 Å². The van der Waals surface area contributed by atoms with Crippen LogP contribution in [0.15, 0.2) is 54.6 Å². The third kappa shape index (κ3) is 3.33. The van der Waals surface area contributed by atoms with Gasteiger partial charge >= 0.3 is 11.9 Å². The van der Waals surface area contributed by atoms with Crippen molar-refractivity contribution in [3.8, 4) is 0 Å². The monoisotopic (exact) mass is 276 g/mol. The lowest BCUT2D eigenvalue weighted by Gasteiger charge is -2.04. The average molecular weight is 277 g/mol. The second-order valence-electron chi connectivity index (χ2n) is 3.59. The summed E-state index contributed by atoms with van der Waals surface area (Å²) >= 11 is 5.81. The lowest BCUT2D eigenvalue weighted by molar-refractivity contribution is -0.187. The number of carbonyl (C=O) groups is 2. The Kier molecular flexibility index (Phi) is 4.15. The first-order valence-electron chi connectivity index (χ1n) is 5.41. The summed E-state index contributed by atoms with van der Waals surface area (Å²) in [5.41, 5.74) is 0.416. The molecule has 2 aromatic rings. The smallest absolute Gasteiger partial charge is 0.242 e. The van der Waals surface area contributed by atoms with E-state index in [0.29, 0.717) is 0 Å². The molecule has 0 aliphatic carbocycles. The van der Waals surface area contributed by atoms with E-state index in [1.165, 1.54) is 12.1 Å². The zero-order chi connectivity index (χ0) is 13.7. The van der Waals surface area contributed by atoms with Crippen molar-refractivity contribution in [1.29, 1.82) is 0 Å². The van der Waals surface area contributed by atoms with Crippen LogP contribution in [-0.2, 0) is 9.78 Å². The molecule has 0 unspecified atom stereocenters. The van der Waals surface area contributed by atoms with Crippen LogP contribution in [0.3, 0.4) is 0 Å². The molecular weight excluding hydrogens is 268 g/mol. The Bertz CT molecular complexity index is 595. The van der Waals surface area contributed by atoms with E-state index in [4.69, 9.17) is 11.6 Å². The van der Waals surface area contributed by atoms with Gasteiger partial charge in [0.25, 0.3) is 0 Å². The molecular formula is C14H9ClO4. The van der Waals surface area contributed by atoms with Crippen LogP contribution in [0.25, 0.3) is 0 Å². The standard InChI is InChI=1S/C14H9ClO4/c15-12-9-5-4-8-11(12)14(17)19-18-13(16)10-6-2-1-3-7-10/h1-9H. The van der Waals surface area contributed by atoms with Gasteiger partial charge in [0.05, 0.1) is 16.1 Å². The lowest BCUT2D eigenvalue weighted by Crippen LogP contribution is -2.12. The maximum absolute atomic E-state index is 11.6. The fraction of sp³-hybridized carbons (Fsp3) is 0. The van der Waals surface area contributed by atoms with E-state index >= 15 is 0 Å². The number of carbonyl (C=O) groups excluding carboxylic acids is 2. The number of hydrogen-bond acceptors (Lipinski definition) is 4. The summed E-state index contributed by atoms with van der Waals surface area (Å²) in [5.74, 6) is -1.57. The van der Waals surface area contributed by atoms with Gasteiger partial charge < -0.3 is 0 Å². The van der Waals surface area contributed by atoms with Crippen LogP contribution in [0.1, 0.15) is 20.7 Å². The first kappa shape index (κ1) is 13.1. The fourth-order valence-corrected chi connectivity index (χ4v) is 1.58. The molecule has 0 atom stereocenters. The summed E-state index contributed by atoms with van der Waals surface area (Å²) < 4.78 is 0. The molecule has 0 N–H and O–H groups in total. The van der Waals surface area contributed by atoms with Crippen molar-refractivity contribution in [2.75, 3.05) is 0 Å². The minimum absolute atomic E-state index is 0.130. The molecule has 0 bridgehead atoms. The Hall–Kier alpha value is -2.33. The van der Waals surface area contributed by atoms with Crippen molar-refractivity contribution in [1.82, 2.24) is 0 Å². The molecule has 19 heavy (non-hydrogen) atoms. The highest BCUT2D eigenvalue weighted by Crippen LogP contribution is 2.16. The van der Waals surface area contributed by atoms with Gasteiger partial charge in [-0.3, -0.25) is 0 Å². The van der Waals surface area contributed by atoms with Crippen molar-refractivity contribution in [3.05, 3.63) is 70.7 Å². The molecule has 0 aliphatic rings. The summed E-state index contributed by atoms with van der Waals surface area (Å²) in [6, 6.07) is 14.5. The Morgan fingerprint density at radius 1 is 0.789 bits per heavy atom. The Morgan fingerprint density at radius 2 is 1.37 bits per heavy atom. The van der Waals surface area contributed by atoms with Crippen LogP contribution < -0.4 is 0 Å². The fourth-order valence-electron chi connectivity index (χ4n) is 1.37. The normalized spacial score (nSPS) is 9.74. The van der Waals surface area contributed by atoms with Crippen LogP contribution in [0.5, 0.6) is 0 Å². The van der Waals surface area contributed by atoms with Crippen LogP contribution in [0, 0.1) is 0 Å². The van der Waals surface area contributed by atoms with E-state index in [-0.39, 0.29) is 16.1 Å². The number of rotatable bonds is 2. The molecule has 5 heteroatoms. The van der Waals surface area contributed by atoms with E-state index in [1.807, 2.05) is 0 Å². The highest BCUT2D eigenvalue weighted by molar-refractivity contribution is 6.33. The number of hydrogen-bond donors (Lipinski definition) is 0. The average Bonchev–Trinajstić information content (AvgIpc) is 2.46. The maximum atomic E-state index is 11.6. The van der Waals surface area contributed by atoms with E-state index in [2.05, 4.69) is 9.78 Å². The third-order valence-corrected chi connectivity index (χ3v) is 2.63. The predicted octanol–water partition coefficient (Wildman–Crippen LogP) is 3.27. The Morgan fingerprint density at radius 3 is 2.05 bits per heavy atom. The molecule has 96 valence electrons. The first-order valence-corrected chi connectivity index (χ1v) is 5.79. The van der Waals surface area contributed by atoms with Crippen LogP contribution >= 0.6 is 11.6 Å². The molecule has 0 spiro atoms. The molecule has 4 nitrogen and oxygen atoms in total. The van der Waals surface area contributed by atoms with Gasteiger partial charge in [0, 0.05) is 0 Å². The number of benzene rings is 2. The molecule has 0 radical (unpaired) electrons. The van der Waals surface area contributed by atoms with E-state index < -0.39 is 11.9 Å². The largest absolute Gasteiger partial charge is 0.387 e. The molecule has 0 saturated heterocycles. The lowest BCUT2D eigenvalue weighted by atomic mass is 10.2. The Balaban J connectivity index is 1.98. The van der Waals surface area contributed by atoms with Gasteiger partial charge in [-0.25, -0.2) is 19.4 Å². The van der Waals surface area contributed by atoms with E-state index in [1.54, 1.807) is 42.5 Å². The zero-order valence-electron chi connectivity index (χ0n) is 9.71. The highest BCUT2D eigenvalue weighted by Gasteiger charge is 2.15. The van der Waals surface area contributed by atoms with Crippen LogP contribution in [0.4, 0.5) is 0 Å². The summed E-state index contributed by atoms with van der Waals surface area (Å²) in [4.78, 5) is 32.1. The molecule has 2 aromatic carbocycles. The third-order valence-electron chi connectivity index (χ3n) is 2.30. The summed E-state index contributed by atoms with van der Waals surface area (Å²) in [5, 5.41) is 0.225. The first-order chi connectivity index (χ1) is 9.18. The van der Waals surface area contributed by atoms with Crippen molar-refractivity contribution in [3.63, 3.8) is 0 Å². The van der Waals surface area contributed by atoms with Crippen molar-refractivity contribution in [2.45, 2.75) is 0 Å². The topological polar surface area (TPSA) is 52.6 Å². The molecule has 0 saturated carbocycles. The molecule has 0 fully saturated rings. The Labute approximate surface area is 114 Å². The van der Waals surface area contributed by atoms with Gasteiger partial charge in [0.1, 0.15) is 0 Å². The molecule has 0 amide bonds. The minimum Gasteiger partial charge on any atom is -0.242 e. The minimum atomic E-state index is -0.824. The quantitative estimate of drug-likeness (QED) is 0.624. The van der Waals surface area contributed by atoms with Crippen LogP contribution in [-0.4, -0.2) is 11.9 Å². The molecule has 2 rings (SSSR count). The summed E-state index contributed by atoms with van der Waals surface area (Å²) in [7, 11) is 0. The number of halogens is 1. The summed E-state index contributed by atoms with van der Waals surface area (Å²) in [6.45, 7) is 0. The van der Waals surface area contributed by atoms with E-state index in [9.17, 15) is 9.59 Å². The maximum Gasteiger partial charge on any atom is 0.387 e. The predicted molar refractivity (Wildman–Crippen MR) is 68.7 cm³/mol. The highest BCUT2D eigenvalue weighted by atomic mass is 35.5. The zero-order valence-corrected chi connectivity index (χ0v) is 10.5. The van der Waals surface area contributed by atoms with Crippen molar-refractivity contribution in [2.24, 2.45) is 0 Å². The molecule has 0 aromatic heterocycles. The second-order valence-corrected chi connectivity index (χ2v) is 3.99.